The summed E-state index contributed by atoms with van der Waals surface area (Å²) in [5.41, 5.74) is 1.71. The Balaban J connectivity index is 1.82. The fraction of sp³-hybridized carbons (Fsp3) is 0.750. The molecule has 0 aromatic rings. The van der Waals surface area contributed by atoms with Gasteiger partial charge in [-0.2, -0.15) is 0 Å². The fourth-order valence-electron chi connectivity index (χ4n) is 1.91. The highest BCUT2D eigenvalue weighted by molar-refractivity contribution is 5.75. The van der Waals surface area contributed by atoms with Gasteiger partial charge in [0.05, 0.1) is 0 Å². The molecule has 3 heteroatoms. The molecule has 1 unspecified atom stereocenters. The van der Waals surface area contributed by atoms with Crippen LogP contribution < -0.4 is 5.32 Å². The number of hydrogen-bond acceptors (Lipinski definition) is 1. The lowest BCUT2D eigenvalue weighted by molar-refractivity contribution is 0.200. The summed E-state index contributed by atoms with van der Waals surface area (Å²) in [5, 5.41) is 3.09. The second-order valence-corrected chi connectivity index (χ2v) is 5.44. The van der Waals surface area contributed by atoms with E-state index < -0.39 is 0 Å². The Kier molecular flexibility index (Phi) is 2.49. The molecule has 2 aliphatic rings. The quantitative estimate of drug-likeness (QED) is 0.658. The maximum Gasteiger partial charge on any atom is 0.317 e. The van der Waals surface area contributed by atoms with Gasteiger partial charge in [0.25, 0.3) is 0 Å². The summed E-state index contributed by atoms with van der Waals surface area (Å²) in [4.78, 5) is 13.7. The zero-order chi connectivity index (χ0) is 11.1. The van der Waals surface area contributed by atoms with Gasteiger partial charge in [0.15, 0.2) is 0 Å². The van der Waals surface area contributed by atoms with Crippen LogP contribution in [0.2, 0.25) is 0 Å². The van der Waals surface area contributed by atoms with Gasteiger partial charge in [0, 0.05) is 19.1 Å². The monoisotopic (exact) mass is 208 g/mol. The van der Waals surface area contributed by atoms with Gasteiger partial charge in [-0.3, -0.25) is 0 Å². The maximum atomic E-state index is 11.8. The van der Waals surface area contributed by atoms with Crippen molar-refractivity contribution in [2.24, 2.45) is 5.41 Å². The summed E-state index contributed by atoms with van der Waals surface area (Å²) >= 11 is 0. The van der Waals surface area contributed by atoms with E-state index in [9.17, 15) is 4.79 Å². The first-order chi connectivity index (χ1) is 6.99. The molecular weight excluding hydrogens is 188 g/mol. The van der Waals surface area contributed by atoms with E-state index in [1.165, 1.54) is 5.57 Å². The third kappa shape index (κ3) is 2.33. The van der Waals surface area contributed by atoms with Crippen LogP contribution in [0.5, 0.6) is 0 Å². The van der Waals surface area contributed by atoms with E-state index in [1.807, 2.05) is 4.90 Å². The van der Waals surface area contributed by atoms with Gasteiger partial charge >= 0.3 is 6.03 Å². The van der Waals surface area contributed by atoms with E-state index in [4.69, 9.17) is 0 Å². The third-order valence-corrected chi connectivity index (χ3v) is 3.53. The maximum absolute atomic E-state index is 11.8. The number of urea groups is 1. The molecule has 1 aliphatic carbocycles. The lowest BCUT2D eigenvalue weighted by Gasteiger charge is -2.26. The molecule has 1 fully saturated rings. The summed E-state index contributed by atoms with van der Waals surface area (Å²) in [5.74, 6) is 0. The van der Waals surface area contributed by atoms with Crippen LogP contribution in [0.4, 0.5) is 4.79 Å². The molecule has 3 nitrogen and oxygen atoms in total. The van der Waals surface area contributed by atoms with Crippen LogP contribution in [0.25, 0.3) is 0 Å². The van der Waals surface area contributed by atoms with E-state index in [1.54, 1.807) is 0 Å². The van der Waals surface area contributed by atoms with E-state index in [0.717, 1.165) is 25.9 Å². The first kappa shape index (κ1) is 10.5. The van der Waals surface area contributed by atoms with Crippen molar-refractivity contribution in [3.05, 3.63) is 11.6 Å². The van der Waals surface area contributed by atoms with Crippen LogP contribution in [0, 0.1) is 5.41 Å². The molecule has 0 aromatic heterocycles. The number of rotatable bonds is 1. The van der Waals surface area contributed by atoms with Gasteiger partial charge in [0.2, 0.25) is 0 Å². The number of hydrogen-bond donors (Lipinski definition) is 1. The first-order valence-electron chi connectivity index (χ1n) is 5.70. The predicted octanol–water partition coefficient (Wildman–Crippen LogP) is 2.15. The minimum Gasteiger partial charge on any atom is -0.335 e. The zero-order valence-electron chi connectivity index (χ0n) is 9.84. The Hall–Kier alpha value is -0.990. The molecule has 15 heavy (non-hydrogen) atoms. The number of carbonyl (C=O) groups excluding carboxylic acids is 1. The highest BCUT2D eigenvalue weighted by Gasteiger charge is 2.47. The van der Waals surface area contributed by atoms with E-state index in [0.29, 0.717) is 11.5 Å². The molecule has 1 aliphatic heterocycles. The van der Waals surface area contributed by atoms with E-state index >= 15 is 0 Å². The lowest BCUT2D eigenvalue weighted by Crippen LogP contribution is -2.43. The molecular formula is C12H20N2O. The fourth-order valence-corrected chi connectivity index (χ4v) is 1.91. The number of amides is 2. The largest absolute Gasteiger partial charge is 0.335 e. The van der Waals surface area contributed by atoms with Crippen LogP contribution in [0.1, 0.15) is 33.6 Å². The average molecular weight is 208 g/mol. The lowest BCUT2D eigenvalue weighted by atomic mass is 10.1. The van der Waals surface area contributed by atoms with Crippen molar-refractivity contribution < 1.29 is 4.79 Å². The number of nitrogens with zero attached hydrogens (tertiary/aromatic N) is 1. The Morgan fingerprint density at radius 1 is 1.60 bits per heavy atom. The Labute approximate surface area is 91.5 Å². The zero-order valence-corrected chi connectivity index (χ0v) is 9.84. The summed E-state index contributed by atoms with van der Waals surface area (Å²) < 4.78 is 0. The smallest absolute Gasteiger partial charge is 0.317 e. The van der Waals surface area contributed by atoms with Crippen LogP contribution >= 0.6 is 0 Å². The highest BCUT2D eigenvalue weighted by Crippen LogP contribution is 2.44. The van der Waals surface area contributed by atoms with Crippen molar-refractivity contribution in [2.45, 2.75) is 39.7 Å². The SMILES string of the molecule is CC1=CCN(C(=O)NC2CC2(C)C)CC1. The number of nitrogens with one attached hydrogen (secondary N) is 1. The summed E-state index contributed by atoms with van der Waals surface area (Å²) in [7, 11) is 0. The predicted molar refractivity (Wildman–Crippen MR) is 60.7 cm³/mol. The van der Waals surface area contributed by atoms with Crippen molar-refractivity contribution in [3.63, 3.8) is 0 Å². The second kappa shape index (κ2) is 3.54. The topological polar surface area (TPSA) is 32.3 Å². The van der Waals surface area contributed by atoms with Gasteiger partial charge in [0.1, 0.15) is 0 Å². The molecule has 0 aromatic carbocycles. The molecule has 84 valence electrons. The van der Waals surface area contributed by atoms with Crippen LogP contribution in [0.3, 0.4) is 0 Å². The van der Waals surface area contributed by atoms with Gasteiger partial charge in [-0.1, -0.05) is 25.5 Å². The van der Waals surface area contributed by atoms with Gasteiger partial charge < -0.3 is 10.2 Å². The summed E-state index contributed by atoms with van der Waals surface area (Å²) in [6.45, 7) is 8.14. The van der Waals surface area contributed by atoms with Crippen molar-refractivity contribution in [1.82, 2.24) is 10.2 Å². The van der Waals surface area contributed by atoms with Crippen LogP contribution in [-0.2, 0) is 0 Å². The van der Waals surface area contributed by atoms with E-state index in [-0.39, 0.29) is 6.03 Å². The summed E-state index contributed by atoms with van der Waals surface area (Å²) in [6.07, 6.45) is 4.27. The van der Waals surface area contributed by atoms with Gasteiger partial charge in [-0.15, -0.1) is 0 Å². The molecule has 1 saturated carbocycles. The van der Waals surface area contributed by atoms with E-state index in [2.05, 4.69) is 32.2 Å². The van der Waals surface area contributed by atoms with Gasteiger partial charge in [-0.05, 0) is 25.2 Å². The van der Waals surface area contributed by atoms with Crippen LogP contribution in [-0.4, -0.2) is 30.1 Å². The molecule has 0 radical (unpaired) electrons. The minimum absolute atomic E-state index is 0.106. The van der Waals surface area contributed by atoms with Crippen molar-refractivity contribution in [2.75, 3.05) is 13.1 Å². The Morgan fingerprint density at radius 2 is 2.27 bits per heavy atom. The first-order valence-corrected chi connectivity index (χ1v) is 5.70. The second-order valence-electron chi connectivity index (χ2n) is 5.44. The van der Waals surface area contributed by atoms with Crippen molar-refractivity contribution >= 4 is 6.03 Å². The molecule has 2 rings (SSSR count). The highest BCUT2D eigenvalue weighted by atomic mass is 16.2. The van der Waals surface area contributed by atoms with Crippen molar-refractivity contribution in [3.8, 4) is 0 Å². The molecule has 0 saturated heterocycles. The Bertz CT molecular complexity index is 307. The molecule has 0 spiro atoms. The standard InChI is InChI=1S/C12H20N2O/c1-9-4-6-14(7-5-9)11(15)13-10-8-12(10,2)3/h4,10H,5-8H2,1-3H3,(H,13,15). The third-order valence-electron chi connectivity index (χ3n) is 3.53. The molecule has 1 atom stereocenters. The van der Waals surface area contributed by atoms with Crippen LogP contribution in [0.15, 0.2) is 11.6 Å². The Morgan fingerprint density at radius 3 is 2.73 bits per heavy atom. The molecule has 1 heterocycles. The van der Waals surface area contributed by atoms with Gasteiger partial charge in [-0.25, -0.2) is 4.79 Å². The summed E-state index contributed by atoms with van der Waals surface area (Å²) in [6, 6.07) is 0.492. The molecule has 2 amide bonds. The average Bonchev–Trinajstić information content (AvgIpc) is 2.74. The molecule has 1 N–H and O–H groups in total. The normalized spacial score (nSPS) is 28.3. The van der Waals surface area contributed by atoms with Crippen molar-refractivity contribution in [1.29, 1.82) is 0 Å². The number of carbonyl (C=O) groups is 1. The minimum atomic E-state index is 0.106. The molecule has 0 bridgehead atoms.